The molecule has 0 aliphatic rings. The topological polar surface area (TPSA) is 49.5 Å². The van der Waals surface area contributed by atoms with Crippen molar-refractivity contribution in [2.45, 2.75) is 13.0 Å². The van der Waals surface area contributed by atoms with E-state index in [2.05, 4.69) is 0 Å². The van der Waals surface area contributed by atoms with Crippen LogP contribution in [0, 0.1) is 0 Å². The number of nitrogens with two attached hydrogens (primary N) is 1. The van der Waals surface area contributed by atoms with Gasteiger partial charge in [-0.05, 0) is 19.1 Å². The number of rotatable bonds is 3. The van der Waals surface area contributed by atoms with Gasteiger partial charge in [0.2, 0.25) is 0 Å². The number of hydrogen-bond acceptors (Lipinski definition) is 3. The van der Waals surface area contributed by atoms with Gasteiger partial charge < -0.3 is 15.7 Å². The summed E-state index contributed by atoms with van der Waals surface area (Å²) in [6, 6.07) is 7.28. The smallest absolute Gasteiger partial charge is 0.117 e. The molecule has 0 aliphatic carbocycles. The highest BCUT2D eigenvalue weighted by atomic mass is 35.5. The van der Waals surface area contributed by atoms with Crippen LogP contribution in [0.4, 0.5) is 5.69 Å². The van der Waals surface area contributed by atoms with Crippen molar-refractivity contribution in [3.63, 3.8) is 0 Å². The van der Waals surface area contributed by atoms with Gasteiger partial charge in [0.05, 0.1) is 0 Å². The third-order valence-corrected chi connectivity index (χ3v) is 1.83. The van der Waals surface area contributed by atoms with Gasteiger partial charge in [-0.25, -0.2) is 0 Å². The van der Waals surface area contributed by atoms with Crippen LogP contribution < -0.4 is 10.6 Å². The van der Waals surface area contributed by atoms with Crippen LogP contribution in [-0.4, -0.2) is 24.7 Å². The van der Waals surface area contributed by atoms with Crippen molar-refractivity contribution in [2.24, 2.45) is 5.73 Å². The molecule has 1 unspecified atom stereocenters. The fraction of sp³-hybridized carbons (Fsp3) is 0.400. The molecule has 4 heteroatoms. The molecular weight excluding hydrogens is 200 g/mol. The zero-order chi connectivity index (χ0) is 9.84. The molecule has 3 nitrogen and oxygen atoms in total. The molecule has 0 fully saturated rings. The van der Waals surface area contributed by atoms with Crippen LogP contribution in [0.25, 0.3) is 0 Å². The van der Waals surface area contributed by atoms with E-state index in [4.69, 9.17) is 5.73 Å². The summed E-state index contributed by atoms with van der Waals surface area (Å²) < 4.78 is 0. The minimum Gasteiger partial charge on any atom is -0.508 e. The first-order valence-electron chi connectivity index (χ1n) is 4.35. The third-order valence-electron chi connectivity index (χ3n) is 1.83. The predicted molar refractivity (Wildman–Crippen MR) is 62.3 cm³/mol. The minimum atomic E-state index is 0. The van der Waals surface area contributed by atoms with Crippen LogP contribution in [0.5, 0.6) is 5.75 Å². The van der Waals surface area contributed by atoms with Gasteiger partial charge in [-0.1, -0.05) is 6.07 Å². The summed E-state index contributed by atoms with van der Waals surface area (Å²) in [7, 11) is 1.96. The van der Waals surface area contributed by atoms with E-state index in [9.17, 15) is 5.11 Å². The van der Waals surface area contributed by atoms with E-state index in [-0.39, 0.29) is 24.2 Å². The number of benzene rings is 1. The van der Waals surface area contributed by atoms with E-state index in [1.807, 2.05) is 31.0 Å². The first kappa shape index (κ1) is 13.1. The maximum atomic E-state index is 9.24. The summed E-state index contributed by atoms with van der Waals surface area (Å²) in [6.45, 7) is 2.74. The Hall–Kier alpha value is -0.930. The molecule has 3 N–H and O–H groups in total. The molecule has 0 aliphatic heterocycles. The molecule has 1 aromatic carbocycles. The Kier molecular flexibility index (Phi) is 5.35. The van der Waals surface area contributed by atoms with E-state index >= 15 is 0 Å². The maximum absolute atomic E-state index is 9.24. The Labute approximate surface area is 90.9 Å². The Morgan fingerprint density at radius 2 is 2.14 bits per heavy atom. The van der Waals surface area contributed by atoms with Crippen molar-refractivity contribution in [3.05, 3.63) is 24.3 Å². The van der Waals surface area contributed by atoms with Crippen molar-refractivity contribution in [1.29, 1.82) is 0 Å². The Morgan fingerprint density at radius 3 is 2.64 bits per heavy atom. The second-order valence-corrected chi connectivity index (χ2v) is 3.38. The Balaban J connectivity index is 0.00000169. The number of phenolic OH excluding ortho intramolecular Hbond substituents is 1. The molecule has 0 amide bonds. The van der Waals surface area contributed by atoms with Gasteiger partial charge in [0.1, 0.15) is 5.75 Å². The van der Waals surface area contributed by atoms with E-state index in [1.54, 1.807) is 12.1 Å². The Morgan fingerprint density at radius 1 is 1.50 bits per heavy atom. The number of hydrogen-bond donors (Lipinski definition) is 2. The van der Waals surface area contributed by atoms with Crippen LogP contribution in [-0.2, 0) is 0 Å². The van der Waals surface area contributed by atoms with Gasteiger partial charge >= 0.3 is 0 Å². The van der Waals surface area contributed by atoms with Crippen LogP contribution >= 0.6 is 12.4 Å². The van der Waals surface area contributed by atoms with Crippen molar-refractivity contribution < 1.29 is 5.11 Å². The quantitative estimate of drug-likeness (QED) is 0.807. The number of halogens is 1. The molecule has 0 heterocycles. The molecule has 14 heavy (non-hydrogen) atoms. The lowest BCUT2D eigenvalue weighted by Crippen LogP contribution is -2.32. The van der Waals surface area contributed by atoms with E-state index in [1.165, 1.54) is 0 Å². The van der Waals surface area contributed by atoms with Gasteiger partial charge in [-0.3, -0.25) is 0 Å². The lowest BCUT2D eigenvalue weighted by Gasteiger charge is -2.21. The van der Waals surface area contributed by atoms with E-state index in [0.29, 0.717) is 0 Å². The first-order valence-corrected chi connectivity index (χ1v) is 4.35. The summed E-state index contributed by atoms with van der Waals surface area (Å²) in [5.74, 6) is 0.286. The van der Waals surface area contributed by atoms with Crippen molar-refractivity contribution in [3.8, 4) is 5.75 Å². The summed E-state index contributed by atoms with van der Waals surface area (Å²) in [4.78, 5) is 2.02. The number of likely N-dealkylation sites (N-methyl/N-ethyl adjacent to an activating group) is 1. The van der Waals surface area contributed by atoms with Crippen molar-refractivity contribution >= 4 is 18.1 Å². The van der Waals surface area contributed by atoms with Crippen molar-refractivity contribution in [2.75, 3.05) is 18.5 Å². The number of anilines is 1. The number of nitrogens with zero attached hydrogens (tertiary/aromatic N) is 1. The van der Waals surface area contributed by atoms with Crippen LogP contribution in [0.1, 0.15) is 6.92 Å². The highest BCUT2D eigenvalue weighted by Gasteiger charge is 2.03. The van der Waals surface area contributed by atoms with Gasteiger partial charge in [0.25, 0.3) is 0 Å². The molecule has 1 atom stereocenters. The average Bonchev–Trinajstić information content (AvgIpc) is 2.03. The molecule has 0 radical (unpaired) electrons. The maximum Gasteiger partial charge on any atom is 0.117 e. The largest absolute Gasteiger partial charge is 0.508 e. The molecule has 0 spiro atoms. The van der Waals surface area contributed by atoms with Crippen LogP contribution in [0.2, 0.25) is 0 Å². The minimum absolute atomic E-state index is 0. The molecule has 0 bridgehead atoms. The van der Waals surface area contributed by atoms with Gasteiger partial charge in [-0.15, -0.1) is 12.4 Å². The van der Waals surface area contributed by atoms with Gasteiger partial charge in [-0.2, -0.15) is 0 Å². The first-order chi connectivity index (χ1) is 6.09. The fourth-order valence-electron chi connectivity index (χ4n) is 1.27. The molecule has 0 aromatic heterocycles. The molecule has 0 saturated carbocycles. The number of phenols is 1. The normalized spacial score (nSPS) is 11.6. The molecule has 0 saturated heterocycles. The molecule has 1 aromatic rings. The average molecular weight is 217 g/mol. The zero-order valence-electron chi connectivity index (χ0n) is 8.47. The van der Waals surface area contributed by atoms with Crippen LogP contribution in [0.3, 0.4) is 0 Å². The summed E-state index contributed by atoms with van der Waals surface area (Å²) in [5, 5.41) is 9.24. The third kappa shape index (κ3) is 3.85. The molecule has 80 valence electrons. The lowest BCUT2D eigenvalue weighted by molar-refractivity contribution is 0.475. The van der Waals surface area contributed by atoms with Crippen LogP contribution in [0.15, 0.2) is 24.3 Å². The predicted octanol–water partition coefficient (Wildman–Crippen LogP) is 1.60. The summed E-state index contributed by atoms with van der Waals surface area (Å²) in [6.07, 6.45) is 0. The molecular formula is C10H17ClN2O. The second-order valence-electron chi connectivity index (χ2n) is 3.38. The summed E-state index contributed by atoms with van der Waals surface area (Å²) >= 11 is 0. The second kappa shape index (κ2) is 5.73. The lowest BCUT2D eigenvalue weighted by atomic mass is 10.2. The standard InChI is InChI=1S/C10H16N2O.ClH/c1-8(11)7-12(2)9-4-3-5-10(13)6-9;/h3-6,8,13H,7,11H2,1-2H3;1H. The SMILES string of the molecule is CC(N)CN(C)c1cccc(O)c1.Cl. The molecule has 1 rings (SSSR count). The monoisotopic (exact) mass is 216 g/mol. The zero-order valence-corrected chi connectivity index (χ0v) is 9.29. The highest BCUT2D eigenvalue weighted by molar-refractivity contribution is 5.85. The Bertz CT molecular complexity index is 279. The van der Waals surface area contributed by atoms with E-state index in [0.717, 1.165) is 12.2 Å². The van der Waals surface area contributed by atoms with Gasteiger partial charge in [0, 0.05) is 31.4 Å². The summed E-state index contributed by atoms with van der Waals surface area (Å²) in [5.41, 5.74) is 6.65. The fourth-order valence-corrected chi connectivity index (χ4v) is 1.27. The van der Waals surface area contributed by atoms with Gasteiger partial charge in [0.15, 0.2) is 0 Å². The number of aromatic hydroxyl groups is 1. The van der Waals surface area contributed by atoms with E-state index < -0.39 is 0 Å². The van der Waals surface area contributed by atoms with Crippen molar-refractivity contribution in [1.82, 2.24) is 0 Å². The highest BCUT2D eigenvalue weighted by Crippen LogP contribution is 2.18.